The first-order valence-corrected chi connectivity index (χ1v) is 7.00. The number of nitrogens with two attached hydrogens (primary N) is 1. The van der Waals surface area contributed by atoms with E-state index in [4.69, 9.17) is 10.5 Å². The Hall–Kier alpha value is -1.60. The van der Waals surface area contributed by atoms with Gasteiger partial charge in [-0.05, 0) is 35.5 Å². The van der Waals surface area contributed by atoms with Crippen LogP contribution in [0, 0.1) is 0 Å². The van der Waals surface area contributed by atoms with Gasteiger partial charge in [0.15, 0.2) is 6.10 Å². The first-order valence-electron chi connectivity index (χ1n) is 6.20. The molecule has 4 N–H and O–H groups in total. The molecule has 0 fully saturated rings. The van der Waals surface area contributed by atoms with Crippen LogP contribution in [-0.2, 0) is 11.3 Å². The number of hydrogen-bond donors (Lipinski definition) is 3. The van der Waals surface area contributed by atoms with Crippen LogP contribution in [0.25, 0.3) is 0 Å². The summed E-state index contributed by atoms with van der Waals surface area (Å²) in [4.78, 5) is 22.3. The molecular formula is C13H18BrN3O3. The zero-order valence-corrected chi connectivity index (χ0v) is 13.0. The van der Waals surface area contributed by atoms with Crippen LogP contribution in [0.4, 0.5) is 4.79 Å². The molecule has 1 atom stereocenters. The lowest BCUT2D eigenvalue weighted by atomic mass is 10.2. The van der Waals surface area contributed by atoms with Crippen LogP contribution in [0.5, 0.6) is 5.75 Å². The standard InChI is InChI=1S/C13H18BrN3O3/c1-3-16-7-9-5-4-6-10(14)11(9)20-8(2)12(18)17-13(15)19/h4-6,8,16H,3,7H2,1-2H3,(H3,15,17,18,19). The Bertz CT molecular complexity index is 494. The summed E-state index contributed by atoms with van der Waals surface area (Å²) in [5.74, 6) is -0.0109. The number of ether oxygens (including phenoxy) is 1. The van der Waals surface area contributed by atoms with E-state index in [1.807, 2.05) is 30.4 Å². The maximum Gasteiger partial charge on any atom is 0.318 e. The van der Waals surface area contributed by atoms with Crippen LogP contribution in [0.2, 0.25) is 0 Å². The molecule has 20 heavy (non-hydrogen) atoms. The number of para-hydroxylation sites is 1. The molecule has 3 amide bonds. The van der Waals surface area contributed by atoms with Gasteiger partial charge in [-0.2, -0.15) is 0 Å². The van der Waals surface area contributed by atoms with Crippen molar-refractivity contribution in [2.24, 2.45) is 5.73 Å². The maximum atomic E-state index is 11.6. The van der Waals surface area contributed by atoms with Crippen molar-refractivity contribution >= 4 is 27.9 Å². The van der Waals surface area contributed by atoms with E-state index in [1.165, 1.54) is 0 Å². The van der Waals surface area contributed by atoms with Gasteiger partial charge in [-0.3, -0.25) is 10.1 Å². The quantitative estimate of drug-likeness (QED) is 0.729. The van der Waals surface area contributed by atoms with Crippen LogP contribution in [0.1, 0.15) is 19.4 Å². The highest BCUT2D eigenvalue weighted by atomic mass is 79.9. The second kappa shape index (κ2) is 7.86. The lowest BCUT2D eigenvalue weighted by molar-refractivity contribution is -0.126. The van der Waals surface area contributed by atoms with E-state index < -0.39 is 18.0 Å². The van der Waals surface area contributed by atoms with Crippen molar-refractivity contribution in [1.82, 2.24) is 10.6 Å². The number of hydrogen-bond acceptors (Lipinski definition) is 4. The minimum Gasteiger partial charge on any atom is -0.479 e. The Morgan fingerprint density at radius 3 is 2.75 bits per heavy atom. The average Bonchev–Trinajstić information content (AvgIpc) is 2.38. The second-order valence-electron chi connectivity index (χ2n) is 4.12. The van der Waals surface area contributed by atoms with E-state index in [2.05, 4.69) is 21.2 Å². The van der Waals surface area contributed by atoms with Crippen LogP contribution >= 0.6 is 15.9 Å². The number of primary amides is 1. The molecule has 0 saturated carbocycles. The SMILES string of the molecule is CCNCc1cccc(Br)c1OC(C)C(=O)NC(N)=O. The van der Waals surface area contributed by atoms with Crippen LogP contribution < -0.4 is 21.1 Å². The van der Waals surface area contributed by atoms with Gasteiger partial charge in [0.25, 0.3) is 5.91 Å². The Kier molecular flexibility index (Phi) is 6.47. The molecule has 0 aliphatic heterocycles. The van der Waals surface area contributed by atoms with Crippen LogP contribution in [-0.4, -0.2) is 24.6 Å². The Labute approximate surface area is 126 Å². The highest BCUT2D eigenvalue weighted by Crippen LogP contribution is 2.30. The van der Waals surface area contributed by atoms with Crippen molar-refractivity contribution in [2.45, 2.75) is 26.5 Å². The van der Waals surface area contributed by atoms with E-state index in [0.29, 0.717) is 12.3 Å². The van der Waals surface area contributed by atoms with E-state index in [0.717, 1.165) is 16.6 Å². The minimum atomic E-state index is -0.898. The number of halogens is 1. The molecule has 0 spiro atoms. The minimum absolute atomic E-state index is 0.570. The van der Waals surface area contributed by atoms with Gasteiger partial charge >= 0.3 is 6.03 Å². The molecule has 1 aromatic rings. The number of rotatable bonds is 6. The van der Waals surface area contributed by atoms with Crippen LogP contribution in [0.3, 0.4) is 0 Å². The van der Waals surface area contributed by atoms with Crippen molar-refractivity contribution in [3.8, 4) is 5.75 Å². The molecule has 0 aromatic heterocycles. The average molecular weight is 344 g/mol. The van der Waals surface area contributed by atoms with Crippen molar-refractivity contribution in [3.63, 3.8) is 0 Å². The third-order valence-corrected chi connectivity index (χ3v) is 3.15. The molecule has 0 aliphatic rings. The van der Waals surface area contributed by atoms with Crippen molar-refractivity contribution < 1.29 is 14.3 Å². The zero-order valence-electron chi connectivity index (χ0n) is 11.4. The molecule has 7 heteroatoms. The number of urea groups is 1. The molecule has 0 saturated heterocycles. The van der Waals surface area contributed by atoms with E-state index in [1.54, 1.807) is 6.92 Å². The van der Waals surface area contributed by atoms with Gasteiger partial charge in [0.1, 0.15) is 5.75 Å². The Balaban J connectivity index is 2.84. The molecule has 0 bridgehead atoms. The maximum absolute atomic E-state index is 11.6. The van der Waals surface area contributed by atoms with E-state index >= 15 is 0 Å². The van der Waals surface area contributed by atoms with E-state index in [9.17, 15) is 9.59 Å². The molecule has 1 rings (SSSR count). The van der Waals surface area contributed by atoms with Crippen molar-refractivity contribution in [2.75, 3.05) is 6.54 Å². The first-order chi connectivity index (χ1) is 9.45. The van der Waals surface area contributed by atoms with Gasteiger partial charge in [0.05, 0.1) is 4.47 Å². The third kappa shape index (κ3) is 4.82. The number of carbonyl (C=O) groups excluding carboxylic acids is 2. The van der Waals surface area contributed by atoms with Crippen molar-refractivity contribution in [3.05, 3.63) is 28.2 Å². The number of nitrogens with one attached hydrogen (secondary N) is 2. The largest absolute Gasteiger partial charge is 0.479 e. The highest BCUT2D eigenvalue weighted by molar-refractivity contribution is 9.10. The summed E-state index contributed by atoms with van der Waals surface area (Å²) in [7, 11) is 0. The number of carbonyl (C=O) groups is 2. The van der Waals surface area contributed by atoms with Crippen molar-refractivity contribution in [1.29, 1.82) is 0 Å². The Morgan fingerprint density at radius 2 is 2.15 bits per heavy atom. The molecule has 1 aromatic carbocycles. The summed E-state index contributed by atoms with van der Waals surface area (Å²) < 4.78 is 6.37. The molecular weight excluding hydrogens is 326 g/mol. The summed E-state index contributed by atoms with van der Waals surface area (Å²) in [6.07, 6.45) is -0.832. The summed E-state index contributed by atoms with van der Waals surface area (Å²) in [5, 5.41) is 5.18. The highest BCUT2D eigenvalue weighted by Gasteiger charge is 2.19. The molecule has 6 nitrogen and oxygen atoms in total. The van der Waals surface area contributed by atoms with Gasteiger partial charge in [-0.1, -0.05) is 19.1 Å². The summed E-state index contributed by atoms with van der Waals surface area (Å²) >= 11 is 3.39. The predicted octanol–water partition coefficient (Wildman–Crippen LogP) is 1.52. The summed E-state index contributed by atoms with van der Waals surface area (Å²) in [5.41, 5.74) is 5.82. The fourth-order valence-corrected chi connectivity index (χ4v) is 2.04. The first kappa shape index (κ1) is 16.5. The van der Waals surface area contributed by atoms with Crippen LogP contribution in [0.15, 0.2) is 22.7 Å². The molecule has 0 aliphatic carbocycles. The monoisotopic (exact) mass is 343 g/mol. The fraction of sp³-hybridized carbons (Fsp3) is 0.385. The molecule has 110 valence electrons. The lowest BCUT2D eigenvalue weighted by Gasteiger charge is -2.18. The molecule has 0 radical (unpaired) electrons. The van der Waals surface area contributed by atoms with Gasteiger partial charge in [0, 0.05) is 12.1 Å². The second-order valence-corrected chi connectivity index (χ2v) is 4.98. The van der Waals surface area contributed by atoms with Gasteiger partial charge < -0.3 is 15.8 Å². The number of imide groups is 1. The normalized spacial score (nSPS) is 11.8. The summed E-state index contributed by atoms with van der Waals surface area (Å²) in [6, 6.07) is 4.72. The van der Waals surface area contributed by atoms with Gasteiger partial charge in [-0.25, -0.2) is 4.79 Å². The molecule has 1 unspecified atom stereocenters. The lowest BCUT2D eigenvalue weighted by Crippen LogP contribution is -2.42. The predicted molar refractivity (Wildman–Crippen MR) is 79.3 cm³/mol. The number of benzene rings is 1. The summed E-state index contributed by atoms with van der Waals surface area (Å²) in [6.45, 7) is 5.00. The Morgan fingerprint density at radius 1 is 1.45 bits per heavy atom. The zero-order chi connectivity index (χ0) is 15.1. The topological polar surface area (TPSA) is 93.4 Å². The van der Waals surface area contributed by atoms with Gasteiger partial charge in [0.2, 0.25) is 0 Å². The number of amides is 3. The molecule has 0 heterocycles. The van der Waals surface area contributed by atoms with E-state index in [-0.39, 0.29) is 0 Å². The third-order valence-electron chi connectivity index (χ3n) is 2.52. The fourth-order valence-electron chi connectivity index (χ4n) is 1.54. The smallest absolute Gasteiger partial charge is 0.318 e. The van der Waals surface area contributed by atoms with Gasteiger partial charge in [-0.15, -0.1) is 0 Å².